The molecule has 2 nitrogen and oxygen atoms in total. The summed E-state index contributed by atoms with van der Waals surface area (Å²) < 4.78 is 13.7. The summed E-state index contributed by atoms with van der Waals surface area (Å²) in [4.78, 5) is 0. The third-order valence-electron chi connectivity index (χ3n) is 2.63. The van der Waals surface area contributed by atoms with Crippen molar-refractivity contribution in [1.29, 1.82) is 5.26 Å². The first-order chi connectivity index (χ1) is 9.51. The van der Waals surface area contributed by atoms with Gasteiger partial charge in [0, 0.05) is 20.7 Å². The average molecular weight is 374 g/mol. The fraction of sp³-hybridized carbons (Fsp3) is 0.0714. The molecule has 0 fully saturated rings. The average Bonchev–Trinajstić information content (AvgIpc) is 2.41. The van der Waals surface area contributed by atoms with Gasteiger partial charge in [0.25, 0.3) is 0 Å². The van der Waals surface area contributed by atoms with Crippen LogP contribution in [0.4, 0.5) is 10.1 Å². The predicted molar refractivity (Wildman–Crippen MR) is 82.5 cm³/mol. The molecule has 2 rings (SSSR count). The van der Waals surface area contributed by atoms with Gasteiger partial charge in [-0.25, -0.2) is 4.39 Å². The van der Waals surface area contributed by atoms with Gasteiger partial charge in [-0.2, -0.15) is 5.26 Å². The molecule has 1 atom stereocenters. The van der Waals surface area contributed by atoms with Gasteiger partial charge in [0.05, 0.1) is 11.1 Å². The van der Waals surface area contributed by atoms with Gasteiger partial charge < -0.3 is 5.32 Å². The van der Waals surface area contributed by atoms with Crippen LogP contribution in [0.25, 0.3) is 0 Å². The largest absolute Gasteiger partial charge is 0.366 e. The van der Waals surface area contributed by atoms with E-state index >= 15 is 0 Å². The van der Waals surface area contributed by atoms with Crippen LogP contribution in [-0.4, -0.2) is 0 Å². The van der Waals surface area contributed by atoms with E-state index in [0.29, 0.717) is 20.7 Å². The first-order valence-electron chi connectivity index (χ1n) is 5.57. The van der Waals surface area contributed by atoms with Crippen molar-refractivity contribution in [2.24, 2.45) is 0 Å². The van der Waals surface area contributed by atoms with E-state index in [1.54, 1.807) is 18.2 Å². The van der Waals surface area contributed by atoms with E-state index in [2.05, 4.69) is 27.3 Å². The lowest BCUT2D eigenvalue weighted by Crippen LogP contribution is -2.09. The lowest BCUT2D eigenvalue weighted by molar-refractivity contribution is 0.627. The zero-order valence-electron chi connectivity index (χ0n) is 10.0. The topological polar surface area (TPSA) is 35.8 Å². The van der Waals surface area contributed by atoms with Crippen LogP contribution in [0.3, 0.4) is 0 Å². The molecule has 0 saturated heterocycles. The summed E-state index contributed by atoms with van der Waals surface area (Å²) in [5.41, 5.74) is 1.22. The number of nitriles is 1. The summed E-state index contributed by atoms with van der Waals surface area (Å²) in [6, 6.07) is 10.6. The van der Waals surface area contributed by atoms with Crippen molar-refractivity contribution in [3.05, 3.63) is 62.3 Å². The Hall–Kier alpha value is -1.28. The van der Waals surface area contributed by atoms with Crippen LogP contribution in [0.5, 0.6) is 0 Å². The molecule has 0 aromatic heterocycles. The van der Waals surface area contributed by atoms with Gasteiger partial charge in [-0.3, -0.25) is 0 Å². The standard InChI is InChI=1S/C14H8BrCl2FN2/c15-11-6-9(2-4-12(11)16)20-14(7-19)10-3-1-8(18)5-13(10)17/h1-6,14,20H. The number of benzene rings is 2. The molecule has 0 spiro atoms. The van der Waals surface area contributed by atoms with Crippen molar-refractivity contribution < 1.29 is 4.39 Å². The molecule has 2 aromatic rings. The van der Waals surface area contributed by atoms with Crippen molar-refractivity contribution in [2.45, 2.75) is 6.04 Å². The quantitative estimate of drug-likeness (QED) is 0.763. The summed E-state index contributed by atoms with van der Waals surface area (Å²) in [6.07, 6.45) is 0. The molecular weight excluding hydrogens is 366 g/mol. The van der Waals surface area contributed by atoms with Crippen LogP contribution < -0.4 is 5.32 Å². The van der Waals surface area contributed by atoms with Gasteiger partial charge in [-0.05, 0) is 46.3 Å². The van der Waals surface area contributed by atoms with Gasteiger partial charge in [-0.15, -0.1) is 0 Å². The molecule has 102 valence electrons. The highest BCUT2D eigenvalue weighted by Gasteiger charge is 2.15. The molecule has 0 radical (unpaired) electrons. The number of hydrogen-bond acceptors (Lipinski definition) is 2. The minimum Gasteiger partial charge on any atom is -0.366 e. The molecule has 0 aliphatic heterocycles. The van der Waals surface area contributed by atoms with Gasteiger partial charge in [0.15, 0.2) is 0 Å². The van der Waals surface area contributed by atoms with Crippen molar-refractivity contribution >= 4 is 44.8 Å². The maximum Gasteiger partial charge on any atom is 0.141 e. The van der Waals surface area contributed by atoms with E-state index in [-0.39, 0.29) is 5.02 Å². The van der Waals surface area contributed by atoms with Crippen LogP contribution in [-0.2, 0) is 0 Å². The Morgan fingerprint density at radius 3 is 2.50 bits per heavy atom. The SMILES string of the molecule is N#CC(Nc1ccc(Cl)c(Br)c1)c1ccc(F)cc1Cl. The van der Waals surface area contributed by atoms with Crippen LogP contribution in [0.2, 0.25) is 10.0 Å². The number of halogens is 4. The molecule has 0 amide bonds. The van der Waals surface area contributed by atoms with Crippen molar-refractivity contribution in [2.75, 3.05) is 5.32 Å². The summed E-state index contributed by atoms with van der Waals surface area (Å²) in [5.74, 6) is -0.440. The minimum absolute atomic E-state index is 0.206. The lowest BCUT2D eigenvalue weighted by atomic mass is 10.1. The normalized spacial score (nSPS) is 11.8. The molecule has 0 saturated carbocycles. The predicted octanol–water partition coefficient (Wildman–Crippen LogP) is 5.57. The van der Waals surface area contributed by atoms with Crippen LogP contribution in [0, 0.1) is 17.1 Å². The van der Waals surface area contributed by atoms with Gasteiger partial charge in [0.1, 0.15) is 11.9 Å². The van der Waals surface area contributed by atoms with Crippen LogP contribution in [0.1, 0.15) is 11.6 Å². The third kappa shape index (κ3) is 3.43. The zero-order chi connectivity index (χ0) is 14.7. The second-order valence-corrected chi connectivity index (χ2v) is 5.67. The Labute approximate surface area is 134 Å². The molecule has 0 heterocycles. The zero-order valence-corrected chi connectivity index (χ0v) is 13.1. The molecule has 2 aromatic carbocycles. The minimum atomic E-state index is -0.684. The molecule has 1 N–H and O–H groups in total. The third-order valence-corrected chi connectivity index (χ3v) is 4.17. The van der Waals surface area contributed by atoms with Crippen LogP contribution >= 0.6 is 39.1 Å². The lowest BCUT2D eigenvalue weighted by Gasteiger charge is -2.15. The monoisotopic (exact) mass is 372 g/mol. The number of hydrogen-bond donors (Lipinski definition) is 1. The highest BCUT2D eigenvalue weighted by atomic mass is 79.9. The van der Waals surface area contributed by atoms with E-state index < -0.39 is 11.9 Å². The number of anilines is 1. The Morgan fingerprint density at radius 1 is 1.15 bits per heavy atom. The number of nitrogens with zero attached hydrogens (tertiary/aromatic N) is 1. The fourth-order valence-electron chi connectivity index (χ4n) is 1.67. The highest BCUT2D eigenvalue weighted by Crippen LogP contribution is 2.30. The molecule has 1 unspecified atom stereocenters. The molecule has 20 heavy (non-hydrogen) atoms. The molecule has 0 aliphatic rings. The second-order valence-electron chi connectivity index (χ2n) is 4.00. The van der Waals surface area contributed by atoms with Crippen molar-refractivity contribution in [3.8, 4) is 6.07 Å². The highest BCUT2D eigenvalue weighted by molar-refractivity contribution is 9.10. The summed E-state index contributed by atoms with van der Waals surface area (Å²) in [7, 11) is 0. The maximum absolute atomic E-state index is 13.0. The first-order valence-corrected chi connectivity index (χ1v) is 7.12. The number of nitrogens with one attached hydrogen (secondary N) is 1. The maximum atomic E-state index is 13.0. The molecular formula is C14H8BrCl2FN2. The summed E-state index contributed by atoms with van der Waals surface area (Å²) in [5, 5.41) is 13.1. The van der Waals surface area contributed by atoms with E-state index in [0.717, 1.165) is 0 Å². The molecule has 0 bridgehead atoms. The van der Waals surface area contributed by atoms with E-state index in [1.165, 1.54) is 18.2 Å². The van der Waals surface area contributed by atoms with Crippen molar-refractivity contribution in [3.63, 3.8) is 0 Å². The summed E-state index contributed by atoms with van der Waals surface area (Å²) >= 11 is 15.2. The van der Waals surface area contributed by atoms with E-state index in [1.807, 2.05) is 0 Å². The van der Waals surface area contributed by atoms with Crippen molar-refractivity contribution in [1.82, 2.24) is 0 Å². The van der Waals surface area contributed by atoms with E-state index in [4.69, 9.17) is 23.2 Å². The molecule has 6 heteroatoms. The van der Waals surface area contributed by atoms with Crippen LogP contribution in [0.15, 0.2) is 40.9 Å². The van der Waals surface area contributed by atoms with Gasteiger partial charge >= 0.3 is 0 Å². The smallest absolute Gasteiger partial charge is 0.141 e. The number of rotatable bonds is 3. The Balaban J connectivity index is 2.29. The summed E-state index contributed by atoms with van der Waals surface area (Å²) in [6.45, 7) is 0. The Morgan fingerprint density at radius 2 is 1.90 bits per heavy atom. The second kappa shape index (κ2) is 6.45. The molecule has 0 aliphatic carbocycles. The van der Waals surface area contributed by atoms with Gasteiger partial charge in [0.2, 0.25) is 0 Å². The first kappa shape index (κ1) is 15.1. The fourth-order valence-corrected chi connectivity index (χ4v) is 2.44. The Kier molecular flexibility index (Phi) is 4.87. The Bertz CT molecular complexity index is 685. The van der Waals surface area contributed by atoms with Gasteiger partial charge in [-0.1, -0.05) is 29.3 Å². The van der Waals surface area contributed by atoms with E-state index in [9.17, 15) is 9.65 Å².